The summed E-state index contributed by atoms with van der Waals surface area (Å²) in [7, 11) is 0. The van der Waals surface area contributed by atoms with Gasteiger partial charge in [0.25, 0.3) is 0 Å². The van der Waals surface area contributed by atoms with Gasteiger partial charge < -0.3 is 10.1 Å². The van der Waals surface area contributed by atoms with Crippen LogP contribution >= 0.6 is 11.6 Å². The van der Waals surface area contributed by atoms with Gasteiger partial charge in [-0.05, 0) is 32.4 Å². The molecule has 0 bridgehead atoms. The van der Waals surface area contributed by atoms with Crippen molar-refractivity contribution in [2.75, 3.05) is 5.32 Å². The van der Waals surface area contributed by atoms with Crippen molar-refractivity contribution in [3.05, 3.63) is 40.7 Å². The number of nitrogens with one attached hydrogen (secondary N) is 1. The Bertz CT molecular complexity index is 734. The van der Waals surface area contributed by atoms with E-state index in [0.717, 1.165) is 0 Å². The quantitative estimate of drug-likeness (QED) is 0.836. The maximum absolute atomic E-state index is 12.6. The Morgan fingerprint density at radius 1 is 1.38 bits per heavy atom. The Labute approximate surface area is 143 Å². The lowest BCUT2D eigenvalue weighted by molar-refractivity contribution is -0.119. The van der Waals surface area contributed by atoms with E-state index in [1.165, 1.54) is 12.1 Å². The molecule has 0 aliphatic heterocycles. The van der Waals surface area contributed by atoms with Crippen LogP contribution in [0.5, 0.6) is 5.75 Å². The molecule has 0 saturated carbocycles. The van der Waals surface area contributed by atoms with Crippen molar-refractivity contribution < 1.29 is 18.3 Å². The number of alkyl halides is 2. The number of para-hydroxylation sites is 2. The van der Waals surface area contributed by atoms with Crippen molar-refractivity contribution in [3.63, 3.8) is 0 Å². The lowest BCUT2D eigenvalue weighted by Gasteiger charge is -2.18. The minimum absolute atomic E-state index is 0.0953. The van der Waals surface area contributed by atoms with Crippen molar-refractivity contribution in [1.29, 1.82) is 0 Å². The van der Waals surface area contributed by atoms with Crippen LogP contribution in [-0.4, -0.2) is 22.3 Å². The number of aromatic nitrogens is 2. The number of rotatable bonds is 6. The molecule has 0 spiro atoms. The third kappa shape index (κ3) is 3.84. The number of halogens is 3. The number of hydrogen-bond donors (Lipinski definition) is 1. The van der Waals surface area contributed by atoms with Crippen LogP contribution in [0.3, 0.4) is 0 Å². The molecule has 0 aliphatic carbocycles. The van der Waals surface area contributed by atoms with Crippen LogP contribution in [0.4, 0.5) is 14.5 Å². The second kappa shape index (κ2) is 7.61. The van der Waals surface area contributed by atoms with Gasteiger partial charge in [-0.15, -0.1) is 0 Å². The van der Waals surface area contributed by atoms with E-state index < -0.39 is 12.7 Å². The van der Waals surface area contributed by atoms with E-state index in [0.29, 0.717) is 22.8 Å². The Kier molecular flexibility index (Phi) is 5.77. The molecule has 1 heterocycles. The minimum Gasteiger partial charge on any atom is -0.433 e. The fourth-order valence-corrected chi connectivity index (χ4v) is 2.52. The minimum atomic E-state index is -2.97. The first-order chi connectivity index (χ1) is 11.3. The van der Waals surface area contributed by atoms with Gasteiger partial charge >= 0.3 is 6.61 Å². The first-order valence-electron chi connectivity index (χ1n) is 7.41. The highest BCUT2D eigenvalue weighted by Crippen LogP contribution is 2.28. The normalized spacial score (nSPS) is 12.3. The van der Waals surface area contributed by atoms with Crippen molar-refractivity contribution in [3.8, 4) is 5.75 Å². The summed E-state index contributed by atoms with van der Waals surface area (Å²) in [6.45, 7) is 2.38. The number of ether oxygens (including phenoxy) is 1. The highest BCUT2D eigenvalue weighted by molar-refractivity contribution is 6.31. The van der Waals surface area contributed by atoms with Gasteiger partial charge in [-0.1, -0.05) is 30.7 Å². The summed E-state index contributed by atoms with van der Waals surface area (Å²) >= 11 is 6.13. The molecule has 1 unspecified atom stereocenters. The molecule has 8 heteroatoms. The van der Waals surface area contributed by atoms with E-state index in [1.54, 1.807) is 30.7 Å². The zero-order valence-corrected chi connectivity index (χ0v) is 14.3. The Balaban J connectivity index is 2.26. The van der Waals surface area contributed by atoms with Gasteiger partial charge in [0.15, 0.2) is 0 Å². The standard InChI is InChI=1S/C16H18ClF2N3O2/c1-4-12(22-10(3)14(17)9(2)21-22)15(23)20-11-7-5-6-8-13(11)24-16(18)19/h5-8,12,16H,4H2,1-3H3,(H,20,23). The molecule has 0 fully saturated rings. The lowest BCUT2D eigenvalue weighted by Crippen LogP contribution is -2.27. The molecule has 1 N–H and O–H groups in total. The highest BCUT2D eigenvalue weighted by atomic mass is 35.5. The molecule has 0 aliphatic rings. The van der Waals surface area contributed by atoms with Gasteiger partial charge in [0.05, 0.1) is 22.1 Å². The van der Waals surface area contributed by atoms with Crippen molar-refractivity contribution in [2.45, 2.75) is 39.8 Å². The molecule has 0 saturated heterocycles. The molecule has 1 atom stereocenters. The van der Waals surface area contributed by atoms with Crippen LogP contribution in [-0.2, 0) is 4.79 Å². The maximum atomic E-state index is 12.6. The third-order valence-corrected chi connectivity index (χ3v) is 4.13. The largest absolute Gasteiger partial charge is 0.433 e. The molecule has 1 aromatic carbocycles. The summed E-state index contributed by atoms with van der Waals surface area (Å²) in [5.74, 6) is -0.479. The number of anilines is 1. The average molecular weight is 358 g/mol. The monoisotopic (exact) mass is 357 g/mol. The third-order valence-electron chi connectivity index (χ3n) is 3.58. The van der Waals surface area contributed by atoms with Gasteiger partial charge in [0.1, 0.15) is 11.8 Å². The molecular weight excluding hydrogens is 340 g/mol. The lowest BCUT2D eigenvalue weighted by atomic mass is 10.2. The number of benzene rings is 1. The van der Waals surface area contributed by atoms with Crippen LogP contribution in [0.1, 0.15) is 30.8 Å². The highest BCUT2D eigenvalue weighted by Gasteiger charge is 2.24. The predicted octanol–water partition coefficient (Wildman–Crippen LogP) is 4.34. The van der Waals surface area contributed by atoms with Gasteiger partial charge in [0, 0.05) is 0 Å². The van der Waals surface area contributed by atoms with Crippen molar-refractivity contribution in [2.24, 2.45) is 0 Å². The van der Waals surface area contributed by atoms with E-state index >= 15 is 0 Å². The molecule has 2 aromatic rings. The maximum Gasteiger partial charge on any atom is 0.387 e. The number of carbonyl (C=O) groups excluding carboxylic acids is 1. The Hall–Kier alpha value is -2.15. The average Bonchev–Trinajstić information content (AvgIpc) is 2.77. The van der Waals surface area contributed by atoms with Crippen molar-refractivity contribution in [1.82, 2.24) is 9.78 Å². The molecule has 1 amide bonds. The van der Waals surface area contributed by atoms with E-state index in [2.05, 4.69) is 15.2 Å². The predicted molar refractivity (Wildman–Crippen MR) is 87.7 cm³/mol. The first kappa shape index (κ1) is 18.2. The Morgan fingerprint density at radius 3 is 2.58 bits per heavy atom. The number of aryl methyl sites for hydroxylation is 1. The summed E-state index contributed by atoms with van der Waals surface area (Å²) in [5.41, 5.74) is 1.48. The van der Waals surface area contributed by atoms with Crippen molar-refractivity contribution >= 4 is 23.2 Å². The van der Waals surface area contributed by atoms with Crippen LogP contribution in [0.15, 0.2) is 24.3 Å². The fourth-order valence-electron chi connectivity index (χ4n) is 2.40. The summed E-state index contributed by atoms with van der Waals surface area (Å²) in [5, 5.41) is 7.41. The molecule has 2 rings (SSSR count). The SMILES string of the molecule is CCC(C(=O)Nc1ccccc1OC(F)F)n1nc(C)c(Cl)c1C. The zero-order chi connectivity index (χ0) is 17.9. The Morgan fingerprint density at radius 2 is 2.04 bits per heavy atom. The van der Waals surface area contributed by atoms with Gasteiger partial charge in [-0.3, -0.25) is 9.48 Å². The summed E-state index contributed by atoms with van der Waals surface area (Å²) in [4.78, 5) is 12.6. The molecule has 130 valence electrons. The van der Waals surface area contributed by atoms with E-state index in [9.17, 15) is 13.6 Å². The summed E-state index contributed by atoms with van der Waals surface area (Å²) < 4.78 is 30.9. The molecule has 1 aromatic heterocycles. The van der Waals surface area contributed by atoms with Gasteiger partial charge in [0.2, 0.25) is 5.91 Å². The van der Waals surface area contributed by atoms with Gasteiger partial charge in [-0.25, -0.2) is 0 Å². The second-order valence-electron chi connectivity index (χ2n) is 5.22. The smallest absolute Gasteiger partial charge is 0.387 e. The first-order valence-corrected chi connectivity index (χ1v) is 7.78. The van der Waals surface area contributed by atoms with Crippen LogP contribution in [0.2, 0.25) is 5.02 Å². The number of hydrogen-bond acceptors (Lipinski definition) is 3. The summed E-state index contributed by atoms with van der Waals surface area (Å²) in [6, 6.07) is 5.41. The number of amides is 1. The second-order valence-corrected chi connectivity index (χ2v) is 5.60. The molecule has 0 radical (unpaired) electrons. The molecule has 5 nitrogen and oxygen atoms in total. The molecular formula is C16H18ClF2N3O2. The number of carbonyl (C=O) groups is 1. The van der Waals surface area contributed by atoms with Crippen LogP contribution in [0.25, 0.3) is 0 Å². The molecule has 24 heavy (non-hydrogen) atoms. The number of nitrogens with zero attached hydrogens (tertiary/aromatic N) is 2. The van der Waals surface area contributed by atoms with E-state index in [4.69, 9.17) is 11.6 Å². The fraction of sp³-hybridized carbons (Fsp3) is 0.375. The van der Waals surface area contributed by atoms with E-state index in [1.807, 2.05) is 6.92 Å². The van der Waals surface area contributed by atoms with Crippen LogP contribution in [0, 0.1) is 13.8 Å². The topological polar surface area (TPSA) is 56.1 Å². The van der Waals surface area contributed by atoms with Crippen LogP contribution < -0.4 is 10.1 Å². The van der Waals surface area contributed by atoms with Gasteiger partial charge in [-0.2, -0.15) is 13.9 Å². The summed E-state index contributed by atoms with van der Waals surface area (Å²) in [6.07, 6.45) is 0.460. The van der Waals surface area contributed by atoms with E-state index in [-0.39, 0.29) is 17.3 Å². The zero-order valence-electron chi connectivity index (χ0n) is 13.5.